The van der Waals surface area contributed by atoms with Crippen LogP contribution in [0.3, 0.4) is 0 Å². The number of hydrogen-bond acceptors (Lipinski definition) is 2. The molecule has 0 radical (unpaired) electrons. The fraction of sp³-hybridized carbons (Fsp3) is 0.333. The molecule has 2 aromatic carbocycles. The zero-order valence-corrected chi connectivity index (χ0v) is 16.4. The number of rotatable bonds is 6. The van der Waals surface area contributed by atoms with Gasteiger partial charge in [0, 0.05) is 17.3 Å². The number of carbonyl (C=O) groups is 2. The average Bonchev–Trinajstić information content (AvgIpc) is 2.62. The molecule has 2 aromatic rings. The summed E-state index contributed by atoms with van der Waals surface area (Å²) in [5.74, 6) is -0.647. The van der Waals surface area contributed by atoms with Crippen molar-refractivity contribution in [2.45, 2.75) is 40.7 Å². The molecule has 2 rings (SSSR count). The van der Waals surface area contributed by atoms with Crippen molar-refractivity contribution < 1.29 is 9.59 Å². The molecule has 5 heteroatoms. The lowest BCUT2D eigenvalue weighted by atomic mass is 9.90. The highest BCUT2D eigenvalue weighted by Crippen LogP contribution is 2.25. The molecule has 0 aromatic heterocycles. The van der Waals surface area contributed by atoms with Gasteiger partial charge in [-0.1, -0.05) is 48.9 Å². The van der Waals surface area contributed by atoms with Gasteiger partial charge in [0.15, 0.2) is 0 Å². The molecule has 0 saturated heterocycles. The maximum Gasteiger partial charge on any atom is 0.239 e. The Bertz CT molecular complexity index is 798. The minimum absolute atomic E-state index is 0.323. The van der Waals surface area contributed by atoms with Crippen molar-refractivity contribution in [1.82, 2.24) is 5.32 Å². The predicted octanol–water partition coefficient (Wildman–Crippen LogP) is 4.49. The SMILES string of the molecule is CCc1cccc(C)c1NC(=O)C(C)(C)C(=O)NCc1ccc(Cl)cc1. The van der Waals surface area contributed by atoms with Crippen LogP contribution in [0.2, 0.25) is 5.02 Å². The quantitative estimate of drug-likeness (QED) is 0.734. The van der Waals surface area contributed by atoms with Crippen molar-refractivity contribution in [2.75, 3.05) is 5.32 Å². The Labute approximate surface area is 159 Å². The van der Waals surface area contributed by atoms with Crippen molar-refractivity contribution in [3.8, 4) is 0 Å². The monoisotopic (exact) mass is 372 g/mol. The summed E-state index contributed by atoms with van der Waals surface area (Å²) in [6.45, 7) is 7.58. The van der Waals surface area contributed by atoms with Crippen LogP contribution in [0.25, 0.3) is 0 Å². The van der Waals surface area contributed by atoms with Gasteiger partial charge in [0.2, 0.25) is 11.8 Å². The van der Waals surface area contributed by atoms with E-state index in [1.54, 1.807) is 26.0 Å². The van der Waals surface area contributed by atoms with Gasteiger partial charge in [0.1, 0.15) is 5.41 Å². The number of hydrogen-bond donors (Lipinski definition) is 2. The molecular formula is C21H25ClN2O2. The van der Waals surface area contributed by atoms with Gasteiger partial charge in [-0.15, -0.1) is 0 Å². The van der Waals surface area contributed by atoms with Gasteiger partial charge in [0.25, 0.3) is 0 Å². The molecule has 4 nitrogen and oxygen atoms in total. The van der Waals surface area contributed by atoms with E-state index in [9.17, 15) is 9.59 Å². The predicted molar refractivity (Wildman–Crippen MR) is 106 cm³/mol. The molecule has 0 spiro atoms. The van der Waals surface area contributed by atoms with Crippen LogP contribution in [0, 0.1) is 12.3 Å². The lowest BCUT2D eigenvalue weighted by Gasteiger charge is -2.24. The molecule has 0 fully saturated rings. The van der Waals surface area contributed by atoms with E-state index in [2.05, 4.69) is 10.6 Å². The summed E-state index contributed by atoms with van der Waals surface area (Å²) in [7, 11) is 0. The number of halogens is 1. The molecule has 26 heavy (non-hydrogen) atoms. The topological polar surface area (TPSA) is 58.2 Å². The van der Waals surface area contributed by atoms with E-state index in [0.29, 0.717) is 11.6 Å². The molecule has 0 aliphatic rings. The summed E-state index contributed by atoms with van der Waals surface area (Å²) in [6, 6.07) is 13.1. The Kier molecular flexibility index (Phi) is 6.43. The molecule has 0 bridgehead atoms. The van der Waals surface area contributed by atoms with Gasteiger partial charge in [-0.25, -0.2) is 0 Å². The highest BCUT2D eigenvalue weighted by molar-refractivity contribution is 6.30. The standard InChI is InChI=1S/C21H25ClN2O2/c1-5-16-8-6-7-14(2)18(16)24-20(26)21(3,4)19(25)23-13-15-9-11-17(22)12-10-15/h6-12H,5,13H2,1-4H3,(H,23,25)(H,24,26). The number of para-hydroxylation sites is 1. The minimum atomic E-state index is -1.19. The lowest BCUT2D eigenvalue weighted by molar-refractivity contribution is -0.138. The molecule has 0 unspecified atom stereocenters. The van der Waals surface area contributed by atoms with E-state index >= 15 is 0 Å². The smallest absolute Gasteiger partial charge is 0.239 e. The normalized spacial score (nSPS) is 11.1. The summed E-state index contributed by atoms with van der Waals surface area (Å²) in [5, 5.41) is 6.41. The first kappa shape index (κ1) is 20.0. The van der Waals surface area contributed by atoms with Gasteiger partial charge in [0.05, 0.1) is 0 Å². The third-order valence-electron chi connectivity index (χ3n) is 4.48. The van der Waals surface area contributed by atoms with E-state index in [-0.39, 0.29) is 11.8 Å². The molecular weight excluding hydrogens is 348 g/mol. The second-order valence-corrected chi connectivity index (χ2v) is 7.29. The van der Waals surface area contributed by atoms with Crippen LogP contribution in [0.15, 0.2) is 42.5 Å². The summed E-state index contributed by atoms with van der Waals surface area (Å²) >= 11 is 5.86. The van der Waals surface area contributed by atoms with Crippen molar-refractivity contribution in [2.24, 2.45) is 5.41 Å². The number of benzene rings is 2. The summed E-state index contributed by atoms with van der Waals surface area (Å²) in [4.78, 5) is 25.3. The third-order valence-corrected chi connectivity index (χ3v) is 4.73. The molecule has 0 atom stereocenters. The first-order chi connectivity index (χ1) is 12.3. The summed E-state index contributed by atoms with van der Waals surface area (Å²) in [6.07, 6.45) is 0.806. The Balaban J connectivity index is 2.07. The number of anilines is 1. The Morgan fingerprint density at radius 2 is 1.69 bits per heavy atom. The van der Waals surface area contributed by atoms with Crippen LogP contribution in [-0.4, -0.2) is 11.8 Å². The maximum atomic E-state index is 12.8. The highest BCUT2D eigenvalue weighted by Gasteiger charge is 2.36. The zero-order valence-electron chi connectivity index (χ0n) is 15.7. The highest BCUT2D eigenvalue weighted by atomic mass is 35.5. The van der Waals surface area contributed by atoms with Crippen LogP contribution < -0.4 is 10.6 Å². The summed E-state index contributed by atoms with van der Waals surface area (Å²) < 4.78 is 0. The average molecular weight is 373 g/mol. The number of carbonyl (C=O) groups excluding carboxylic acids is 2. The molecule has 2 N–H and O–H groups in total. The van der Waals surface area contributed by atoms with Crippen molar-refractivity contribution in [1.29, 1.82) is 0 Å². The van der Waals surface area contributed by atoms with Crippen LogP contribution in [0.5, 0.6) is 0 Å². The van der Waals surface area contributed by atoms with Gasteiger partial charge < -0.3 is 10.6 Å². The number of nitrogens with one attached hydrogen (secondary N) is 2. The Hall–Kier alpha value is -2.33. The molecule has 0 aliphatic carbocycles. The van der Waals surface area contributed by atoms with Gasteiger partial charge in [-0.05, 0) is 56.0 Å². The van der Waals surface area contributed by atoms with Crippen LogP contribution in [0.1, 0.15) is 37.5 Å². The van der Waals surface area contributed by atoms with Gasteiger partial charge in [-0.2, -0.15) is 0 Å². The molecule has 0 saturated carbocycles. The zero-order chi connectivity index (χ0) is 19.3. The van der Waals surface area contributed by atoms with Crippen LogP contribution in [0.4, 0.5) is 5.69 Å². The van der Waals surface area contributed by atoms with E-state index in [1.165, 1.54) is 0 Å². The van der Waals surface area contributed by atoms with Crippen LogP contribution in [-0.2, 0) is 22.6 Å². The number of aryl methyl sites for hydroxylation is 2. The van der Waals surface area contributed by atoms with Crippen molar-refractivity contribution in [3.05, 3.63) is 64.2 Å². The fourth-order valence-electron chi connectivity index (χ4n) is 2.58. The first-order valence-corrected chi connectivity index (χ1v) is 9.06. The van der Waals surface area contributed by atoms with E-state index in [1.807, 2.05) is 44.2 Å². The van der Waals surface area contributed by atoms with Gasteiger partial charge in [-0.3, -0.25) is 9.59 Å². The maximum absolute atomic E-state index is 12.8. The minimum Gasteiger partial charge on any atom is -0.351 e. The van der Waals surface area contributed by atoms with E-state index in [4.69, 9.17) is 11.6 Å². The Morgan fingerprint density at radius 3 is 2.31 bits per heavy atom. The van der Waals surface area contributed by atoms with Crippen molar-refractivity contribution >= 4 is 29.1 Å². The van der Waals surface area contributed by atoms with Gasteiger partial charge >= 0.3 is 0 Å². The van der Waals surface area contributed by atoms with Crippen molar-refractivity contribution in [3.63, 3.8) is 0 Å². The van der Waals surface area contributed by atoms with E-state index < -0.39 is 5.41 Å². The lowest BCUT2D eigenvalue weighted by Crippen LogP contribution is -2.45. The summed E-state index contributed by atoms with van der Waals surface area (Å²) in [5.41, 5.74) is 2.55. The fourth-order valence-corrected chi connectivity index (χ4v) is 2.71. The molecule has 0 aliphatic heterocycles. The number of amides is 2. The largest absolute Gasteiger partial charge is 0.351 e. The third kappa shape index (κ3) is 4.64. The van der Waals surface area contributed by atoms with E-state index in [0.717, 1.165) is 28.8 Å². The molecule has 0 heterocycles. The second kappa shape index (κ2) is 8.37. The second-order valence-electron chi connectivity index (χ2n) is 6.85. The molecule has 2 amide bonds. The Morgan fingerprint density at radius 1 is 1.04 bits per heavy atom. The molecule has 138 valence electrons. The van der Waals surface area contributed by atoms with Crippen LogP contribution >= 0.6 is 11.6 Å². The first-order valence-electron chi connectivity index (χ1n) is 8.68.